The van der Waals surface area contributed by atoms with Crippen LogP contribution in [0.1, 0.15) is 20.3 Å². The van der Waals surface area contributed by atoms with Crippen LogP contribution in [-0.4, -0.2) is 39.0 Å². The molecule has 0 aliphatic carbocycles. The lowest BCUT2D eigenvalue weighted by atomic mass is 10.1. The first kappa shape index (κ1) is 16.7. The van der Waals surface area contributed by atoms with E-state index in [1.807, 2.05) is 0 Å². The minimum atomic E-state index is -3.56. The van der Waals surface area contributed by atoms with Crippen LogP contribution >= 0.6 is 15.9 Å². The molecule has 3 N–H and O–H groups in total. The molecule has 118 valence electrons. The van der Waals surface area contributed by atoms with Crippen LogP contribution in [0.3, 0.4) is 0 Å². The van der Waals surface area contributed by atoms with Gasteiger partial charge in [0.15, 0.2) is 0 Å². The van der Waals surface area contributed by atoms with Crippen molar-refractivity contribution in [3.05, 3.63) is 22.7 Å². The van der Waals surface area contributed by atoms with Crippen molar-refractivity contribution in [2.45, 2.75) is 31.2 Å². The van der Waals surface area contributed by atoms with E-state index in [1.54, 1.807) is 12.1 Å². The van der Waals surface area contributed by atoms with Crippen LogP contribution in [0.4, 0.5) is 5.69 Å². The number of sulfonamides is 1. The van der Waals surface area contributed by atoms with Crippen molar-refractivity contribution < 1.29 is 8.42 Å². The first-order valence-electron chi connectivity index (χ1n) is 7.08. The number of anilines is 1. The number of likely N-dealkylation sites (tertiary alicyclic amines) is 1. The fraction of sp³-hybridized carbons (Fsp3) is 0.571. The molecule has 0 saturated carbocycles. The minimum absolute atomic E-state index is 0.135. The maximum absolute atomic E-state index is 12.4. The van der Waals surface area contributed by atoms with E-state index in [-0.39, 0.29) is 10.6 Å². The predicted octanol–water partition coefficient (Wildman–Crippen LogP) is 2.04. The first-order chi connectivity index (χ1) is 9.79. The molecule has 0 spiro atoms. The molecule has 1 aliphatic heterocycles. The molecule has 1 heterocycles. The fourth-order valence-corrected chi connectivity index (χ4v) is 4.33. The zero-order valence-electron chi connectivity index (χ0n) is 12.3. The maximum Gasteiger partial charge on any atom is 0.242 e. The molecule has 7 heteroatoms. The van der Waals surface area contributed by atoms with Gasteiger partial charge in [0.05, 0.1) is 5.69 Å². The Balaban J connectivity index is 2.01. The molecule has 1 aromatic rings. The third-order valence-corrected chi connectivity index (χ3v) is 5.85. The number of benzene rings is 1. The van der Waals surface area contributed by atoms with Gasteiger partial charge in [-0.05, 0) is 50.9 Å². The number of nitrogen functional groups attached to an aromatic ring is 1. The quantitative estimate of drug-likeness (QED) is 0.772. The minimum Gasteiger partial charge on any atom is -0.398 e. The van der Waals surface area contributed by atoms with Gasteiger partial charge in [0.1, 0.15) is 4.90 Å². The zero-order chi connectivity index (χ0) is 15.6. The molecule has 0 radical (unpaired) electrons. The van der Waals surface area contributed by atoms with Gasteiger partial charge in [0, 0.05) is 23.6 Å². The molecule has 5 nitrogen and oxygen atoms in total. The van der Waals surface area contributed by atoms with Crippen molar-refractivity contribution in [3.8, 4) is 0 Å². The van der Waals surface area contributed by atoms with Gasteiger partial charge in [0.25, 0.3) is 0 Å². The van der Waals surface area contributed by atoms with E-state index in [0.717, 1.165) is 19.5 Å². The number of nitrogens with two attached hydrogens (primary N) is 1. The van der Waals surface area contributed by atoms with Gasteiger partial charge in [-0.3, -0.25) is 0 Å². The van der Waals surface area contributed by atoms with E-state index >= 15 is 0 Å². The molecule has 0 amide bonds. The highest BCUT2D eigenvalue weighted by Crippen LogP contribution is 2.24. The van der Waals surface area contributed by atoms with Crippen molar-refractivity contribution in [1.29, 1.82) is 0 Å². The average molecular weight is 376 g/mol. The average Bonchev–Trinajstić information content (AvgIpc) is 2.88. The number of halogens is 1. The van der Waals surface area contributed by atoms with E-state index in [1.165, 1.54) is 6.07 Å². The Labute approximate surface area is 135 Å². The summed E-state index contributed by atoms with van der Waals surface area (Å²) < 4.78 is 28.1. The van der Waals surface area contributed by atoms with Crippen molar-refractivity contribution in [1.82, 2.24) is 9.62 Å². The summed E-state index contributed by atoms with van der Waals surface area (Å²) in [5.74, 6) is 0.357. The summed E-state index contributed by atoms with van der Waals surface area (Å²) in [7, 11) is -3.56. The van der Waals surface area contributed by atoms with Crippen molar-refractivity contribution in [3.63, 3.8) is 0 Å². The first-order valence-corrected chi connectivity index (χ1v) is 9.36. The maximum atomic E-state index is 12.4. The lowest BCUT2D eigenvalue weighted by molar-refractivity contribution is 0.265. The van der Waals surface area contributed by atoms with Crippen LogP contribution < -0.4 is 10.5 Å². The van der Waals surface area contributed by atoms with E-state index in [0.29, 0.717) is 23.0 Å². The smallest absolute Gasteiger partial charge is 0.242 e. The number of hydrogen-bond donors (Lipinski definition) is 2. The second-order valence-corrected chi connectivity index (χ2v) is 8.43. The molecule has 1 aromatic carbocycles. The number of rotatable bonds is 5. The highest BCUT2D eigenvalue weighted by molar-refractivity contribution is 9.10. The molecule has 1 aliphatic rings. The van der Waals surface area contributed by atoms with Crippen molar-refractivity contribution in [2.75, 3.05) is 25.4 Å². The second-order valence-electron chi connectivity index (χ2n) is 5.78. The van der Waals surface area contributed by atoms with Crippen LogP contribution in [0.2, 0.25) is 0 Å². The zero-order valence-corrected chi connectivity index (χ0v) is 14.7. The molecular formula is C14H22BrN3O2S. The van der Waals surface area contributed by atoms with Gasteiger partial charge >= 0.3 is 0 Å². The van der Waals surface area contributed by atoms with Gasteiger partial charge in [-0.1, -0.05) is 15.9 Å². The normalized spacial score (nSPS) is 20.3. The molecule has 1 fully saturated rings. The topological polar surface area (TPSA) is 75.4 Å². The Morgan fingerprint density at radius 3 is 2.81 bits per heavy atom. The second kappa shape index (κ2) is 6.64. The summed E-state index contributed by atoms with van der Waals surface area (Å²) in [5.41, 5.74) is 6.04. The highest BCUT2D eigenvalue weighted by Gasteiger charge is 2.26. The lowest BCUT2D eigenvalue weighted by Gasteiger charge is -2.20. The van der Waals surface area contributed by atoms with Crippen molar-refractivity contribution >= 4 is 31.6 Å². The van der Waals surface area contributed by atoms with E-state index in [2.05, 4.69) is 39.4 Å². The van der Waals surface area contributed by atoms with E-state index < -0.39 is 10.0 Å². The van der Waals surface area contributed by atoms with Crippen LogP contribution in [-0.2, 0) is 10.0 Å². The highest BCUT2D eigenvalue weighted by atomic mass is 79.9. The monoisotopic (exact) mass is 375 g/mol. The summed E-state index contributed by atoms with van der Waals surface area (Å²) in [4.78, 5) is 2.50. The van der Waals surface area contributed by atoms with Gasteiger partial charge in [-0.15, -0.1) is 0 Å². The third kappa shape index (κ3) is 4.18. The summed E-state index contributed by atoms with van der Waals surface area (Å²) in [6.07, 6.45) is 1.02. The Kier molecular flexibility index (Phi) is 5.29. The van der Waals surface area contributed by atoms with Gasteiger partial charge in [-0.25, -0.2) is 13.1 Å². The molecule has 1 saturated heterocycles. The Morgan fingerprint density at radius 1 is 1.48 bits per heavy atom. The van der Waals surface area contributed by atoms with Crippen LogP contribution in [0.5, 0.6) is 0 Å². The largest absolute Gasteiger partial charge is 0.398 e. The van der Waals surface area contributed by atoms with E-state index in [4.69, 9.17) is 5.73 Å². The Bertz CT molecular complexity index is 604. The number of nitrogens with one attached hydrogen (secondary N) is 1. The third-order valence-electron chi connectivity index (χ3n) is 3.87. The predicted molar refractivity (Wildman–Crippen MR) is 88.6 cm³/mol. The molecule has 0 aromatic heterocycles. The summed E-state index contributed by atoms with van der Waals surface area (Å²) in [6.45, 7) is 6.75. The van der Waals surface area contributed by atoms with Crippen LogP contribution in [0.25, 0.3) is 0 Å². The molecule has 2 rings (SSSR count). The summed E-state index contributed by atoms with van der Waals surface area (Å²) in [5, 5.41) is 0. The van der Waals surface area contributed by atoms with Crippen LogP contribution in [0.15, 0.2) is 27.6 Å². The van der Waals surface area contributed by atoms with Crippen molar-refractivity contribution in [2.24, 2.45) is 5.92 Å². The van der Waals surface area contributed by atoms with Crippen LogP contribution in [0, 0.1) is 5.92 Å². The lowest BCUT2D eigenvalue weighted by Crippen LogP contribution is -2.33. The number of hydrogen-bond acceptors (Lipinski definition) is 4. The molecule has 1 atom stereocenters. The summed E-state index contributed by atoms with van der Waals surface area (Å²) >= 11 is 3.28. The van der Waals surface area contributed by atoms with Gasteiger partial charge in [0.2, 0.25) is 10.0 Å². The fourth-order valence-electron chi connectivity index (χ4n) is 2.54. The number of nitrogens with zero attached hydrogens (tertiary/aromatic N) is 1. The Morgan fingerprint density at radius 2 is 2.19 bits per heavy atom. The standard InChI is InChI=1S/C14H22BrN3O2S/c1-10(2)18-6-5-11(9-18)8-17-21(19,20)14-7-12(15)3-4-13(14)16/h3-4,7,10-11,17H,5-6,8-9,16H2,1-2H3. The molecule has 21 heavy (non-hydrogen) atoms. The molecular weight excluding hydrogens is 354 g/mol. The molecule has 0 bridgehead atoms. The van der Waals surface area contributed by atoms with Gasteiger partial charge in [-0.2, -0.15) is 0 Å². The summed E-state index contributed by atoms with van der Waals surface area (Å²) in [6, 6.07) is 5.36. The Hall–Kier alpha value is -0.630. The van der Waals surface area contributed by atoms with Gasteiger partial charge < -0.3 is 10.6 Å². The van der Waals surface area contributed by atoms with E-state index in [9.17, 15) is 8.42 Å². The molecule has 1 unspecified atom stereocenters. The SMILES string of the molecule is CC(C)N1CCC(CNS(=O)(=O)c2cc(Br)ccc2N)C1.